The molecule has 3 heterocycles. The SMILES string of the molecule is CC(C)c1cccc(C(C)C)c1-n1c(-c2[c-]ccc3c2oc2ccccc23)nc2ccccc21.C[Si](C)(C)c1cnc(-c2[c-]cccc2)cc1C1CCCCC1.[Ir]. The first-order chi connectivity index (χ1) is 27.1. The molecule has 1 saturated carbocycles. The first kappa shape index (κ1) is 40.6. The van der Waals surface area contributed by atoms with Crippen LogP contribution in [0.1, 0.15) is 94.2 Å². The Kier molecular flexibility index (Phi) is 12.2. The number of fused-ring (bicyclic) bond motifs is 4. The molecule has 57 heavy (non-hydrogen) atoms. The van der Waals surface area contributed by atoms with Crippen LogP contribution < -0.4 is 5.19 Å². The number of aromatic nitrogens is 3. The van der Waals surface area contributed by atoms with E-state index in [1.165, 1.54) is 48.9 Å². The molecule has 0 N–H and O–H groups in total. The largest absolute Gasteiger partial charge is 0.501 e. The third-order valence-corrected chi connectivity index (χ3v) is 13.5. The molecule has 6 heteroatoms. The van der Waals surface area contributed by atoms with Crippen LogP contribution in [-0.2, 0) is 20.1 Å². The number of imidazole rings is 1. The van der Waals surface area contributed by atoms with Crippen molar-refractivity contribution in [2.45, 2.75) is 97.2 Å². The fraction of sp³-hybridized carbons (Fsp3) is 0.294. The van der Waals surface area contributed by atoms with Gasteiger partial charge in [0.05, 0.1) is 30.5 Å². The minimum atomic E-state index is -1.36. The van der Waals surface area contributed by atoms with E-state index >= 15 is 0 Å². The molecule has 1 fully saturated rings. The maximum Gasteiger partial charge on any atom is 0.120 e. The smallest absolute Gasteiger partial charge is 0.120 e. The standard InChI is InChI=1S/C31H27N2O.C20H26NSi.Ir/c1-19(2)21-12-9-13-22(20(3)4)29(21)33-27-17-7-6-16-26(27)32-31(33)25-15-10-14-24-23-11-5-8-18-28(23)34-30(24)25;1-22(2,3)20-15-21-19(17-12-8-5-9-13-17)14-18(20)16-10-6-4-7-11-16;/h5-14,16-20H,1-4H3;5,8-9,12,14-16H,4,6-7,10-11H2,1-3H3;/q2*-1;. The zero-order valence-corrected chi connectivity index (χ0v) is 37.7. The zero-order chi connectivity index (χ0) is 39.0. The quantitative estimate of drug-likeness (QED) is 0.118. The van der Waals surface area contributed by atoms with E-state index in [0.29, 0.717) is 11.8 Å². The van der Waals surface area contributed by atoms with Crippen LogP contribution in [-0.4, -0.2) is 22.6 Å². The molecule has 0 spiro atoms. The van der Waals surface area contributed by atoms with Crippen molar-refractivity contribution in [3.8, 4) is 28.3 Å². The Bertz CT molecular complexity index is 2600. The molecule has 0 atom stereocenters. The molecule has 1 aliphatic rings. The van der Waals surface area contributed by atoms with Crippen LogP contribution >= 0.6 is 0 Å². The van der Waals surface area contributed by atoms with Crippen LogP contribution in [0.5, 0.6) is 0 Å². The van der Waals surface area contributed by atoms with Crippen LogP contribution in [0.2, 0.25) is 19.6 Å². The Balaban J connectivity index is 0.000000188. The van der Waals surface area contributed by atoms with E-state index < -0.39 is 8.07 Å². The van der Waals surface area contributed by atoms with Crippen LogP contribution in [0, 0.1) is 12.1 Å². The number of nitrogens with zero attached hydrogens (tertiary/aromatic N) is 3. The van der Waals surface area contributed by atoms with E-state index in [1.54, 1.807) is 10.8 Å². The fourth-order valence-corrected chi connectivity index (χ4v) is 10.2. The zero-order valence-electron chi connectivity index (χ0n) is 34.3. The molecule has 0 unspecified atom stereocenters. The Morgan fingerprint density at radius 3 is 2.14 bits per heavy atom. The van der Waals surface area contributed by atoms with Crippen LogP contribution in [0.15, 0.2) is 120 Å². The summed E-state index contributed by atoms with van der Waals surface area (Å²) in [6, 6.07) is 44.7. The molecule has 0 saturated heterocycles. The first-order valence-corrected chi connectivity index (χ1v) is 24.0. The number of furan rings is 1. The molecule has 5 aromatic carbocycles. The first-order valence-electron chi connectivity index (χ1n) is 20.5. The van der Waals surface area contributed by atoms with E-state index in [1.807, 2.05) is 36.4 Å². The van der Waals surface area contributed by atoms with Crippen molar-refractivity contribution in [2.24, 2.45) is 0 Å². The van der Waals surface area contributed by atoms with Gasteiger partial charge in [0.25, 0.3) is 0 Å². The second-order valence-corrected chi connectivity index (χ2v) is 22.1. The molecule has 1 radical (unpaired) electrons. The molecule has 0 bridgehead atoms. The summed E-state index contributed by atoms with van der Waals surface area (Å²) in [5, 5.41) is 3.75. The second kappa shape index (κ2) is 17.1. The summed E-state index contributed by atoms with van der Waals surface area (Å²) in [7, 11) is -1.36. The summed E-state index contributed by atoms with van der Waals surface area (Å²) in [5.74, 6) is 2.34. The molecule has 9 rings (SSSR count). The summed E-state index contributed by atoms with van der Waals surface area (Å²) in [6.07, 6.45) is 9.03. The van der Waals surface area contributed by atoms with Crippen molar-refractivity contribution < 1.29 is 24.5 Å². The third kappa shape index (κ3) is 8.10. The second-order valence-electron chi connectivity index (χ2n) is 17.1. The molecule has 0 aliphatic heterocycles. The summed E-state index contributed by atoms with van der Waals surface area (Å²) in [6.45, 7) is 16.3. The predicted octanol–water partition coefficient (Wildman–Crippen LogP) is 13.8. The van der Waals surface area contributed by atoms with Crippen molar-refractivity contribution in [2.75, 3.05) is 0 Å². The number of para-hydroxylation sites is 4. The minimum Gasteiger partial charge on any atom is -0.501 e. The summed E-state index contributed by atoms with van der Waals surface area (Å²) in [4.78, 5) is 9.93. The average Bonchev–Trinajstić information content (AvgIpc) is 3.80. The molecular weight excluding hydrogens is 891 g/mol. The Hall–Kier alpha value is -4.61. The van der Waals surface area contributed by atoms with Gasteiger partial charge in [0.15, 0.2) is 0 Å². The van der Waals surface area contributed by atoms with Gasteiger partial charge in [-0.15, -0.1) is 54.1 Å². The Morgan fingerprint density at radius 2 is 1.44 bits per heavy atom. The van der Waals surface area contributed by atoms with Gasteiger partial charge in [0.1, 0.15) is 5.58 Å². The van der Waals surface area contributed by atoms with E-state index in [9.17, 15) is 0 Å². The van der Waals surface area contributed by atoms with Gasteiger partial charge in [-0.1, -0.05) is 138 Å². The maximum atomic E-state index is 6.40. The van der Waals surface area contributed by atoms with Crippen molar-refractivity contribution in [3.63, 3.8) is 0 Å². The number of rotatable bonds is 7. The number of benzene rings is 5. The van der Waals surface area contributed by atoms with E-state index in [0.717, 1.165) is 61.5 Å². The van der Waals surface area contributed by atoms with Crippen molar-refractivity contribution in [3.05, 3.63) is 144 Å². The molecule has 293 valence electrons. The summed E-state index contributed by atoms with van der Waals surface area (Å²) >= 11 is 0. The van der Waals surface area contributed by atoms with E-state index in [4.69, 9.17) is 14.4 Å². The van der Waals surface area contributed by atoms with Gasteiger partial charge in [-0.2, -0.15) is 0 Å². The normalized spacial score (nSPS) is 13.6. The van der Waals surface area contributed by atoms with Crippen LogP contribution in [0.4, 0.5) is 0 Å². The number of hydrogen-bond donors (Lipinski definition) is 0. The Morgan fingerprint density at radius 1 is 0.737 bits per heavy atom. The Labute approximate surface area is 353 Å². The average molecular weight is 944 g/mol. The van der Waals surface area contributed by atoms with Crippen LogP contribution in [0.25, 0.3) is 61.3 Å². The summed E-state index contributed by atoms with van der Waals surface area (Å²) < 4.78 is 8.73. The molecular formula is C51H53IrN3OSi-2. The van der Waals surface area contributed by atoms with Crippen molar-refractivity contribution in [1.82, 2.24) is 14.5 Å². The van der Waals surface area contributed by atoms with Gasteiger partial charge in [-0.3, -0.25) is 4.98 Å². The molecule has 8 aromatic rings. The van der Waals surface area contributed by atoms with Crippen molar-refractivity contribution in [1.29, 1.82) is 0 Å². The molecule has 4 nitrogen and oxygen atoms in total. The van der Waals surface area contributed by atoms with E-state index in [-0.39, 0.29) is 20.1 Å². The van der Waals surface area contributed by atoms with Gasteiger partial charge in [-0.05, 0) is 70.8 Å². The number of pyridine rings is 1. The monoisotopic (exact) mass is 944 g/mol. The molecule has 1 aliphatic carbocycles. The van der Waals surface area contributed by atoms with Crippen molar-refractivity contribution >= 4 is 46.2 Å². The predicted molar refractivity (Wildman–Crippen MR) is 238 cm³/mol. The molecule has 0 amide bonds. The van der Waals surface area contributed by atoms with Gasteiger partial charge in [0, 0.05) is 37.4 Å². The van der Waals surface area contributed by atoms with Crippen LogP contribution in [0.3, 0.4) is 0 Å². The fourth-order valence-electron chi connectivity index (χ4n) is 8.60. The minimum absolute atomic E-state index is 0. The summed E-state index contributed by atoms with van der Waals surface area (Å²) in [5.41, 5.74) is 12.3. The molecule has 3 aromatic heterocycles. The van der Waals surface area contributed by atoms with E-state index in [2.05, 4.69) is 143 Å². The van der Waals surface area contributed by atoms with Gasteiger partial charge < -0.3 is 14.0 Å². The third-order valence-electron chi connectivity index (χ3n) is 11.5. The number of hydrogen-bond acceptors (Lipinski definition) is 3. The van der Waals surface area contributed by atoms with Gasteiger partial charge >= 0.3 is 0 Å². The van der Waals surface area contributed by atoms with Gasteiger partial charge in [-0.25, -0.2) is 0 Å². The topological polar surface area (TPSA) is 43.9 Å². The van der Waals surface area contributed by atoms with Gasteiger partial charge in [0.2, 0.25) is 0 Å². The maximum absolute atomic E-state index is 6.40.